The number of halogens is 1. The highest BCUT2D eigenvalue weighted by Gasteiger charge is 2.10. The Morgan fingerprint density at radius 3 is 2.51 bits per heavy atom. The summed E-state index contributed by atoms with van der Waals surface area (Å²) in [6.45, 7) is 2.27. The lowest BCUT2D eigenvalue weighted by Crippen LogP contribution is -2.43. The van der Waals surface area contributed by atoms with Crippen LogP contribution in [0.2, 0.25) is 5.02 Å². The largest absolute Gasteiger partial charge is 0.453 e. The zero-order chi connectivity index (χ0) is 26.3. The van der Waals surface area contributed by atoms with Crippen molar-refractivity contribution in [2.24, 2.45) is 5.73 Å². The first kappa shape index (κ1) is 32.9. The van der Waals surface area contributed by atoms with Crippen LogP contribution in [0.3, 0.4) is 0 Å². The van der Waals surface area contributed by atoms with Crippen LogP contribution in [0.25, 0.3) is 0 Å². The Morgan fingerprint density at radius 1 is 1.11 bits per heavy atom. The molecule has 0 heterocycles. The molecule has 0 bridgehead atoms. The van der Waals surface area contributed by atoms with Crippen molar-refractivity contribution in [3.8, 4) is 0 Å². The van der Waals surface area contributed by atoms with Gasteiger partial charge in [0.15, 0.2) is 0 Å². The van der Waals surface area contributed by atoms with Crippen molar-refractivity contribution in [1.29, 1.82) is 0 Å². The molecule has 0 saturated carbocycles. The third-order valence-corrected chi connectivity index (χ3v) is 5.44. The third-order valence-electron chi connectivity index (χ3n) is 5.20. The summed E-state index contributed by atoms with van der Waals surface area (Å²) in [5.41, 5.74) is 7.34. The van der Waals surface area contributed by atoms with Crippen LogP contribution in [-0.2, 0) is 15.9 Å². The van der Waals surface area contributed by atoms with Gasteiger partial charge >= 0.3 is 12.1 Å². The average molecular weight is 517 g/mol. The molecular weight excluding hydrogens is 472 g/mol. The molecule has 5 N–H and O–H groups in total. The van der Waals surface area contributed by atoms with Gasteiger partial charge in [0, 0.05) is 51.5 Å². The van der Waals surface area contributed by atoms with Gasteiger partial charge in [-0.1, -0.05) is 43.0 Å². The van der Waals surface area contributed by atoms with E-state index in [0.717, 1.165) is 69.5 Å². The van der Waals surface area contributed by atoms with E-state index in [0.29, 0.717) is 6.54 Å². The molecule has 1 atom stereocenters. The molecule has 0 aliphatic rings. The van der Waals surface area contributed by atoms with Gasteiger partial charge in [0.1, 0.15) is 0 Å². The SMILES string of the molecule is COC(=O)NCCO.COCCCCCC(N)CNC(=O)N(C)CCCCCc1cccc(Cl)c1. The van der Waals surface area contributed by atoms with E-state index in [-0.39, 0.29) is 25.2 Å². The van der Waals surface area contributed by atoms with Gasteiger partial charge in [-0.05, 0) is 49.8 Å². The molecule has 1 unspecified atom stereocenters. The number of nitrogens with one attached hydrogen (secondary N) is 2. The minimum atomic E-state index is -0.515. The number of unbranched alkanes of at least 4 members (excludes halogenated alkanes) is 4. The van der Waals surface area contributed by atoms with Crippen molar-refractivity contribution in [2.45, 2.75) is 57.4 Å². The second-order valence-electron chi connectivity index (χ2n) is 8.29. The molecule has 1 aromatic carbocycles. The number of rotatable bonds is 16. The summed E-state index contributed by atoms with van der Waals surface area (Å²) in [6.07, 6.45) is 7.88. The number of aliphatic hydroxyl groups excluding tert-OH is 1. The smallest absolute Gasteiger partial charge is 0.406 e. The number of nitrogens with two attached hydrogens (primary N) is 1. The summed E-state index contributed by atoms with van der Waals surface area (Å²) < 4.78 is 9.22. The molecule has 0 aliphatic carbocycles. The number of methoxy groups -OCH3 is 2. The lowest BCUT2D eigenvalue weighted by atomic mass is 10.1. The molecule has 0 fully saturated rings. The maximum absolute atomic E-state index is 12.1. The molecule has 9 nitrogen and oxygen atoms in total. The van der Waals surface area contributed by atoms with E-state index in [1.165, 1.54) is 12.7 Å². The van der Waals surface area contributed by atoms with Gasteiger partial charge in [0.2, 0.25) is 0 Å². The fourth-order valence-electron chi connectivity index (χ4n) is 3.16. The van der Waals surface area contributed by atoms with Gasteiger partial charge in [-0.15, -0.1) is 0 Å². The predicted octanol–water partition coefficient (Wildman–Crippen LogP) is 3.56. The zero-order valence-electron chi connectivity index (χ0n) is 21.6. The van der Waals surface area contributed by atoms with E-state index in [2.05, 4.69) is 21.4 Å². The van der Waals surface area contributed by atoms with Crippen molar-refractivity contribution >= 4 is 23.7 Å². The molecule has 0 spiro atoms. The number of amides is 3. The van der Waals surface area contributed by atoms with Gasteiger partial charge in [-0.25, -0.2) is 9.59 Å². The highest BCUT2D eigenvalue weighted by molar-refractivity contribution is 6.30. The van der Waals surface area contributed by atoms with Crippen molar-refractivity contribution in [1.82, 2.24) is 15.5 Å². The molecule has 35 heavy (non-hydrogen) atoms. The van der Waals surface area contributed by atoms with Gasteiger partial charge in [0.05, 0.1) is 13.7 Å². The van der Waals surface area contributed by atoms with Gasteiger partial charge in [-0.2, -0.15) is 0 Å². The fraction of sp³-hybridized carbons (Fsp3) is 0.680. The van der Waals surface area contributed by atoms with Crippen LogP contribution in [-0.4, -0.2) is 82.3 Å². The Kier molecular flexibility index (Phi) is 21.1. The van der Waals surface area contributed by atoms with Crippen molar-refractivity contribution < 1.29 is 24.2 Å². The highest BCUT2D eigenvalue weighted by atomic mass is 35.5. The zero-order valence-corrected chi connectivity index (χ0v) is 22.3. The molecule has 0 aromatic heterocycles. The normalized spacial score (nSPS) is 11.1. The maximum atomic E-state index is 12.1. The number of aliphatic hydroxyl groups is 1. The van der Waals surface area contributed by atoms with Gasteiger partial charge in [-0.3, -0.25) is 0 Å². The number of carbonyl (C=O) groups is 2. The number of ether oxygens (including phenoxy) is 2. The summed E-state index contributed by atoms with van der Waals surface area (Å²) in [5.74, 6) is 0. The average Bonchev–Trinajstić information content (AvgIpc) is 2.85. The second-order valence-corrected chi connectivity index (χ2v) is 8.73. The van der Waals surface area contributed by atoms with Crippen LogP contribution in [0.1, 0.15) is 50.5 Å². The topological polar surface area (TPSA) is 126 Å². The third kappa shape index (κ3) is 19.9. The number of hydrogen-bond acceptors (Lipinski definition) is 6. The molecule has 3 amide bonds. The van der Waals surface area contributed by atoms with Crippen molar-refractivity contribution in [3.05, 3.63) is 34.9 Å². The number of urea groups is 1. The molecule has 0 aliphatic heterocycles. The van der Waals surface area contributed by atoms with Crippen LogP contribution in [0, 0.1) is 0 Å². The monoisotopic (exact) mass is 516 g/mol. The maximum Gasteiger partial charge on any atom is 0.406 e. The standard InChI is InChI=1S/C21H36ClN3O2.C4H9NO3/c1-25(14-7-3-5-10-18-11-9-12-19(22)16-18)21(26)24-17-20(23)13-6-4-8-15-27-2;1-8-4(7)5-2-3-6/h9,11-12,16,20H,3-8,10,13-15,17,23H2,1-2H3,(H,24,26);6H,2-3H2,1H3,(H,5,7). The Bertz CT molecular complexity index is 681. The van der Waals surface area contributed by atoms with Crippen LogP contribution in [0.4, 0.5) is 9.59 Å². The number of carbonyl (C=O) groups excluding carboxylic acids is 2. The number of alkyl carbamates (subject to hydrolysis) is 1. The Hall–Kier alpha value is -2.07. The summed E-state index contributed by atoms with van der Waals surface area (Å²) in [7, 11) is 4.83. The van der Waals surface area contributed by atoms with E-state index in [4.69, 9.17) is 27.2 Å². The fourth-order valence-corrected chi connectivity index (χ4v) is 3.38. The van der Waals surface area contributed by atoms with Crippen molar-refractivity contribution in [3.63, 3.8) is 0 Å². The molecule has 0 radical (unpaired) electrons. The summed E-state index contributed by atoms with van der Waals surface area (Å²) in [6, 6.07) is 7.97. The van der Waals surface area contributed by atoms with E-state index in [9.17, 15) is 9.59 Å². The first-order valence-electron chi connectivity index (χ1n) is 12.2. The second kappa shape index (κ2) is 22.4. The Balaban J connectivity index is 0.00000124. The van der Waals surface area contributed by atoms with E-state index < -0.39 is 6.09 Å². The van der Waals surface area contributed by atoms with Gasteiger partial charge < -0.3 is 35.8 Å². The minimum Gasteiger partial charge on any atom is -0.453 e. The van der Waals surface area contributed by atoms with Crippen LogP contribution in [0.15, 0.2) is 24.3 Å². The van der Waals surface area contributed by atoms with Gasteiger partial charge in [0.25, 0.3) is 0 Å². The molecule has 202 valence electrons. The molecule has 10 heteroatoms. The Morgan fingerprint density at radius 2 is 1.86 bits per heavy atom. The molecule has 1 rings (SSSR count). The van der Waals surface area contributed by atoms with Crippen molar-refractivity contribution in [2.75, 3.05) is 54.1 Å². The quantitative estimate of drug-likeness (QED) is 0.249. The first-order chi connectivity index (χ1) is 16.8. The lowest BCUT2D eigenvalue weighted by molar-refractivity contribution is 0.167. The van der Waals surface area contributed by atoms with Crippen LogP contribution in [0.5, 0.6) is 0 Å². The lowest BCUT2D eigenvalue weighted by Gasteiger charge is -2.20. The summed E-state index contributed by atoms with van der Waals surface area (Å²) in [5, 5.41) is 14.1. The van der Waals surface area contributed by atoms with Crippen LogP contribution >= 0.6 is 11.6 Å². The first-order valence-corrected chi connectivity index (χ1v) is 12.6. The number of nitrogens with zero attached hydrogens (tertiary/aromatic N) is 1. The summed E-state index contributed by atoms with van der Waals surface area (Å²) in [4.78, 5) is 24.0. The summed E-state index contributed by atoms with van der Waals surface area (Å²) >= 11 is 6.00. The van der Waals surface area contributed by atoms with E-state index >= 15 is 0 Å². The molecule has 1 aromatic rings. The van der Waals surface area contributed by atoms with E-state index in [1.807, 2.05) is 25.2 Å². The number of hydrogen-bond donors (Lipinski definition) is 4. The van der Waals surface area contributed by atoms with E-state index in [1.54, 1.807) is 12.0 Å². The Labute approximate surface area is 215 Å². The predicted molar refractivity (Wildman–Crippen MR) is 141 cm³/mol. The molecule has 0 saturated heterocycles. The number of benzene rings is 1. The molecular formula is C25H45ClN4O5. The number of aryl methyl sites for hydroxylation is 1. The highest BCUT2D eigenvalue weighted by Crippen LogP contribution is 2.13. The van der Waals surface area contributed by atoms with Crippen LogP contribution < -0.4 is 16.4 Å². The minimum absolute atomic E-state index is 0.0163.